The number of carbonyl (C=O) groups is 1. The lowest BCUT2D eigenvalue weighted by Crippen LogP contribution is -2.16. The van der Waals surface area contributed by atoms with Crippen LogP contribution < -0.4 is 9.64 Å². The molecule has 1 aromatic carbocycles. The lowest BCUT2D eigenvalue weighted by Gasteiger charge is -2.16. The van der Waals surface area contributed by atoms with Gasteiger partial charge in [-0.1, -0.05) is 23.5 Å². The summed E-state index contributed by atoms with van der Waals surface area (Å²) in [7, 11) is 3.62. The molecule has 2 rings (SSSR count). The van der Waals surface area contributed by atoms with Crippen LogP contribution in [0.1, 0.15) is 20.9 Å². The maximum absolute atomic E-state index is 10.8. The van der Waals surface area contributed by atoms with Gasteiger partial charge in [0.05, 0.1) is 17.7 Å². The number of rotatable bonds is 5. The molecule has 1 aromatic heterocycles. The molecule has 5 heteroatoms. The van der Waals surface area contributed by atoms with Crippen molar-refractivity contribution in [2.24, 2.45) is 0 Å². The Kier molecular flexibility index (Phi) is 4.16. The minimum atomic E-state index is 0.687. The molecular formula is C14H16N2O2S. The molecule has 0 spiro atoms. The van der Waals surface area contributed by atoms with E-state index in [1.54, 1.807) is 7.11 Å². The highest BCUT2D eigenvalue weighted by Gasteiger charge is 2.11. The van der Waals surface area contributed by atoms with Gasteiger partial charge in [-0.3, -0.25) is 4.79 Å². The van der Waals surface area contributed by atoms with E-state index in [2.05, 4.69) is 4.98 Å². The van der Waals surface area contributed by atoms with Crippen LogP contribution in [-0.2, 0) is 6.54 Å². The van der Waals surface area contributed by atoms with Crippen LogP contribution in [-0.4, -0.2) is 25.4 Å². The Morgan fingerprint density at radius 2 is 2.26 bits per heavy atom. The summed E-state index contributed by atoms with van der Waals surface area (Å²) in [6.45, 7) is 2.57. The molecule has 0 atom stereocenters. The van der Waals surface area contributed by atoms with Crippen LogP contribution in [0.25, 0.3) is 0 Å². The van der Waals surface area contributed by atoms with Crippen molar-refractivity contribution in [2.75, 3.05) is 19.1 Å². The van der Waals surface area contributed by atoms with Gasteiger partial charge in [-0.15, -0.1) is 0 Å². The fourth-order valence-corrected chi connectivity index (χ4v) is 2.62. The van der Waals surface area contributed by atoms with E-state index in [1.165, 1.54) is 11.3 Å². The van der Waals surface area contributed by atoms with E-state index in [-0.39, 0.29) is 0 Å². The second-order valence-electron chi connectivity index (χ2n) is 4.27. The van der Waals surface area contributed by atoms with Crippen LogP contribution in [0.15, 0.2) is 24.3 Å². The van der Waals surface area contributed by atoms with Gasteiger partial charge < -0.3 is 9.64 Å². The topological polar surface area (TPSA) is 42.4 Å². The highest BCUT2D eigenvalue weighted by atomic mass is 32.1. The Bertz CT molecular complexity index is 581. The molecule has 4 nitrogen and oxygen atoms in total. The quantitative estimate of drug-likeness (QED) is 0.787. The Hall–Kier alpha value is -1.88. The lowest BCUT2D eigenvalue weighted by atomic mass is 10.2. The van der Waals surface area contributed by atoms with Crippen LogP contribution in [0.5, 0.6) is 5.75 Å². The normalized spacial score (nSPS) is 10.3. The van der Waals surface area contributed by atoms with E-state index in [1.807, 2.05) is 43.1 Å². The van der Waals surface area contributed by atoms with Gasteiger partial charge >= 0.3 is 0 Å². The predicted octanol–water partition coefficient (Wildman–Crippen LogP) is 2.91. The number of benzene rings is 1. The molecule has 19 heavy (non-hydrogen) atoms. The Morgan fingerprint density at radius 3 is 2.89 bits per heavy atom. The number of methoxy groups -OCH3 is 1. The van der Waals surface area contributed by atoms with E-state index in [9.17, 15) is 4.79 Å². The average molecular weight is 276 g/mol. The summed E-state index contributed by atoms with van der Waals surface area (Å²) in [5, 5.41) is 0.849. The van der Waals surface area contributed by atoms with E-state index in [4.69, 9.17) is 4.74 Å². The van der Waals surface area contributed by atoms with E-state index in [0.717, 1.165) is 35.0 Å². The molecule has 0 aliphatic carbocycles. The summed E-state index contributed by atoms with van der Waals surface area (Å²) in [6, 6.07) is 7.92. The number of ether oxygens (including phenoxy) is 1. The summed E-state index contributed by atoms with van der Waals surface area (Å²) >= 11 is 1.41. The summed E-state index contributed by atoms with van der Waals surface area (Å²) in [5.74, 6) is 0.842. The molecule has 2 aromatic rings. The molecule has 0 aliphatic heterocycles. The monoisotopic (exact) mass is 276 g/mol. The standard InChI is InChI=1S/C14H16N2O2S/c1-10-13(9-17)19-14(15-10)16(2)8-11-5-4-6-12(7-11)18-3/h4-7,9H,8H2,1-3H3. The first-order chi connectivity index (χ1) is 9.13. The van der Waals surface area contributed by atoms with Crippen LogP contribution in [0.3, 0.4) is 0 Å². The fourth-order valence-electron chi connectivity index (χ4n) is 1.78. The van der Waals surface area contributed by atoms with E-state index < -0.39 is 0 Å². The lowest BCUT2D eigenvalue weighted by molar-refractivity contribution is 0.112. The van der Waals surface area contributed by atoms with E-state index >= 15 is 0 Å². The number of nitrogens with zero attached hydrogens (tertiary/aromatic N) is 2. The smallest absolute Gasteiger partial charge is 0.186 e. The van der Waals surface area contributed by atoms with Gasteiger partial charge in [0.1, 0.15) is 5.75 Å². The summed E-state index contributed by atoms with van der Waals surface area (Å²) in [6.07, 6.45) is 0.857. The number of aryl methyl sites for hydroxylation is 1. The van der Waals surface area contributed by atoms with Crippen molar-refractivity contribution in [3.05, 3.63) is 40.4 Å². The van der Waals surface area contributed by atoms with Gasteiger partial charge in [0, 0.05) is 13.6 Å². The predicted molar refractivity (Wildman–Crippen MR) is 77.3 cm³/mol. The minimum Gasteiger partial charge on any atom is -0.497 e. The number of anilines is 1. The third kappa shape index (κ3) is 3.12. The van der Waals surface area contributed by atoms with Crippen molar-refractivity contribution in [3.63, 3.8) is 0 Å². The van der Waals surface area contributed by atoms with Crippen LogP contribution in [0.2, 0.25) is 0 Å². The zero-order valence-corrected chi connectivity index (χ0v) is 12.0. The highest BCUT2D eigenvalue weighted by Crippen LogP contribution is 2.25. The van der Waals surface area contributed by atoms with Crippen LogP contribution >= 0.6 is 11.3 Å². The zero-order valence-electron chi connectivity index (χ0n) is 11.2. The average Bonchev–Trinajstić information content (AvgIpc) is 2.80. The van der Waals surface area contributed by atoms with Crippen molar-refractivity contribution in [1.29, 1.82) is 0 Å². The number of aromatic nitrogens is 1. The van der Waals surface area contributed by atoms with Gasteiger partial charge in [-0.25, -0.2) is 4.98 Å². The summed E-state index contributed by atoms with van der Waals surface area (Å²) in [5.41, 5.74) is 1.93. The molecule has 0 bridgehead atoms. The van der Waals surface area contributed by atoms with Crippen molar-refractivity contribution in [1.82, 2.24) is 4.98 Å². The van der Waals surface area contributed by atoms with Crippen molar-refractivity contribution in [3.8, 4) is 5.75 Å². The molecule has 0 amide bonds. The zero-order chi connectivity index (χ0) is 13.8. The second-order valence-corrected chi connectivity index (χ2v) is 5.28. The maximum Gasteiger partial charge on any atom is 0.186 e. The Morgan fingerprint density at radius 1 is 1.47 bits per heavy atom. The number of hydrogen-bond donors (Lipinski definition) is 0. The van der Waals surface area contributed by atoms with Gasteiger partial charge in [-0.05, 0) is 24.6 Å². The number of carbonyl (C=O) groups excluding carboxylic acids is 1. The van der Waals surface area contributed by atoms with E-state index in [0.29, 0.717) is 4.88 Å². The largest absolute Gasteiger partial charge is 0.497 e. The number of hydrogen-bond acceptors (Lipinski definition) is 5. The summed E-state index contributed by atoms with van der Waals surface area (Å²) < 4.78 is 5.20. The third-order valence-corrected chi connectivity index (χ3v) is 4.01. The molecule has 0 unspecified atom stereocenters. The molecule has 0 aliphatic rings. The first kappa shape index (κ1) is 13.5. The molecule has 0 saturated heterocycles. The van der Waals surface area contributed by atoms with Crippen LogP contribution in [0, 0.1) is 6.92 Å². The number of aldehydes is 1. The molecule has 0 saturated carbocycles. The molecule has 0 radical (unpaired) electrons. The molecular weight excluding hydrogens is 260 g/mol. The van der Waals surface area contributed by atoms with Crippen molar-refractivity contribution >= 4 is 22.8 Å². The van der Waals surface area contributed by atoms with Gasteiger partial charge in [0.25, 0.3) is 0 Å². The second kappa shape index (κ2) is 5.84. The SMILES string of the molecule is COc1cccc(CN(C)c2nc(C)c(C=O)s2)c1. The third-order valence-electron chi connectivity index (χ3n) is 2.81. The van der Waals surface area contributed by atoms with Crippen LogP contribution in [0.4, 0.5) is 5.13 Å². The summed E-state index contributed by atoms with van der Waals surface area (Å²) in [4.78, 5) is 18.0. The Labute approximate surface area is 116 Å². The first-order valence-electron chi connectivity index (χ1n) is 5.90. The molecule has 100 valence electrons. The van der Waals surface area contributed by atoms with Crippen molar-refractivity contribution in [2.45, 2.75) is 13.5 Å². The highest BCUT2D eigenvalue weighted by molar-refractivity contribution is 7.17. The molecule has 0 N–H and O–H groups in total. The van der Waals surface area contributed by atoms with Gasteiger partial charge in [-0.2, -0.15) is 0 Å². The number of thiazole rings is 1. The Balaban J connectivity index is 2.15. The van der Waals surface area contributed by atoms with Gasteiger partial charge in [0.2, 0.25) is 0 Å². The first-order valence-corrected chi connectivity index (χ1v) is 6.72. The maximum atomic E-state index is 10.8. The minimum absolute atomic E-state index is 0.687. The molecule has 0 fully saturated rings. The van der Waals surface area contributed by atoms with Crippen molar-refractivity contribution < 1.29 is 9.53 Å². The fraction of sp³-hybridized carbons (Fsp3) is 0.286. The van der Waals surface area contributed by atoms with Gasteiger partial charge in [0.15, 0.2) is 11.4 Å². The molecule has 1 heterocycles.